The zero-order chi connectivity index (χ0) is 92.7. The molecule has 6 heterocycles. The number of carboxylic acid groups (broad SMARTS) is 1. The minimum Gasteiger partial charge on any atom is -0.481 e. The third-order valence-electron chi connectivity index (χ3n) is 21.9. The Morgan fingerprint density at radius 3 is 1.57 bits per heavy atom. The number of aliphatic carboxylic acids is 1. The van der Waals surface area contributed by atoms with E-state index < -0.39 is 235 Å². The van der Waals surface area contributed by atoms with Crippen molar-refractivity contribution in [2.75, 3.05) is 30.1 Å². The molecule has 43 heteroatoms. The topological polar surface area (TPSA) is 632 Å². The van der Waals surface area contributed by atoms with Crippen molar-refractivity contribution in [2.24, 2.45) is 17.2 Å². The molecule has 0 bridgehead atoms. The number of likely N-dealkylation sites (tertiary alicyclic amines) is 1. The first kappa shape index (κ1) is 95.8. The van der Waals surface area contributed by atoms with Crippen molar-refractivity contribution >= 4 is 177 Å². The fraction of sp³-hybridized carbons (Fsp3) is 0.372. The van der Waals surface area contributed by atoms with Gasteiger partial charge < -0.3 is 116 Å². The Morgan fingerprint density at radius 2 is 1.01 bits per heavy atom. The van der Waals surface area contributed by atoms with Crippen molar-refractivity contribution in [1.29, 1.82) is 0 Å². The summed E-state index contributed by atoms with van der Waals surface area (Å²) in [6, 6.07) is 9.85. The number of fused-ring (bicyclic) bond motifs is 4. The molecule has 9 aromatic rings. The molecule has 0 saturated carbocycles. The van der Waals surface area contributed by atoms with E-state index in [1.807, 2.05) is 0 Å². The lowest BCUT2D eigenvalue weighted by Crippen LogP contribution is -2.62. The molecule has 129 heavy (non-hydrogen) atoms. The number of amides is 16. The number of aliphatic hydroxyl groups excluding tert-OH is 1. The van der Waals surface area contributed by atoms with E-state index >= 15 is 43.2 Å². The van der Waals surface area contributed by atoms with Gasteiger partial charge in [0.2, 0.25) is 94.5 Å². The van der Waals surface area contributed by atoms with Gasteiger partial charge in [-0.15, -0.1) is 0 Å². The summed E-state index contributed by atoms with van der Waals surface area (Å²) in [5, 5.41) is 55.8. The molecule has 0 unspecified atom stereocenters. The number of rotatable bonds is 33. The normalized spacial score (nSPS) is 20.2. The molecule has 0 radical (unpaired) electrons. The van der Waals surface area contributed by atoms with Gasteiger partial charge >= 0.3 is 5.97 Å². The summed E-state index contributed by atoms with van der Waals surface area (Å²) in [6.45, 7) is 2.41. The molecule has 14 atom stereocenters. The monoisotopic (exact) mass is 1830 g/mol. The van der Waals surface area contributed by atoms with Gasteiger partial charge in [-0.1, -0.05) is 119 Å². The number of aromatic amines is 4. The zero-order valence-corrected chi connectivity index (χ0v) is 72.7. The summed E-state index contributed by atoms with van der Waals surface area (Å²) in [6.07, 6.45) is 2.81. The average molecular weight is 1830 g/mol. The highest BCUT2D eigenvalue weighted by molar-refractivity contribution is 8.76. The van der Waals surface area contributed by atoms with Crippen LogP contribution in [0.4, 0.5) is 0 Å². The number of carbonyl (C=O) groups excluding carboxylic acids is 16. The van der Waals surface area contributed by atoms with Gasteiger partial charge in [-0.25, -0.2) is 4.98 Å². The van der Waals surface area contributed by atoms with Crippen molar-refractivity contribution in [1.82, 2.24) is 93.6 Å². The van der Waals surface area contributed by atoms with E-state index in [9.17, 15) is 48.6 Å². The predicted molar refractivity (Wildman–Crippen MR) is 478 cm³/mol. The van der Waals surface area contributed by atoms with Gasteiger partial charge in [-0.3, -0.25) is 81.5 Å². The quantitative estimate of drug-likeness (QED) is 0.0210. The van der Waals surface area contributed by atoms with Gasteiger partial charge in [0.1, 0.15) is 78.5 Å². The van der Waals surface area contributed by atoms with E-state index in [1.54, 1.807) is 134 Å². The lowest BCUT2D eigenvalue weighted by molar-refractivity contribution is -0.142. The number of carboxylic acids is 1. The highest BCUT2D eigenvalue weighted by Crippen LogP contribution is 2.29. The summed E-state index contributed by atoms with van der Waals surface area (Å²) < 4.78 is 0. The summed E-state index contributed by atoms with van der Waals surface area (Å²) in [5.41, 5.74) is 21.2. The third kappa shape index (κ3) is 26.0. The molecule has 4 aromatic heterocycles. The lowest BCUT2D eigenvalue weighted by Gasteiger charge is -2.30. The Bertz CT molecular complexity index is 5660. The van der Waals surface area contributed by atoms with Gasteiger partial charge in [-0.05, 0) is 89.4 Å². The number of aromatic nitrogens is 5. The van der Waals surface area contributed by atoms with Crippen LogP contribution in [0.1, 0.15) is 80.3 Å². The molecular weight excluding hydrogens is 1730 g/mol. The molecule has 5 aromatic carbocycles. The Hall–Kier alpha value is -13.8. The Kier molecular flexibility index (Phi) is 33.5. The highest BCUT2D eigenvalue weighted by atomic mass is 33.1. The Morgan fingerprint density at radius 1 is 0.519 bits per heavy atom. The first-order chi connectivity index (χ1) is 61.8. The maximum Gasteiger partial charge on any atom is 0.305 e. The fourth-order valence-electron chi connectivity index (χ4n) is 15.4. The molecular formula is C86H101N21O19S3. The summed E-state index contributed by atoms with van der Waals surface area (Å²) in [7, 11) is 1.39. The molecule has 11 rings (SSSR count). The first-order valence-electron chi connectivity index (χ1n) is 41.3. The molecule has 2 fully saturated rings. The number of H-pyrrole nitrogens is 4. The van der Waals surface area contributed by atoms with Gasteiger partial charge in [-0.2, -0.15) is 11.8 Å². The number of carbonyl (C=O) groups is 17. The molecule has 2 saturated heterocycles. The standard InChI is InChI=1S/C86H101N21O19S3/c1-43(108)73(106-82(122)61(30-48-37-92-56-22-10-7-19-53(48)56)96-75(115)58(25-27-127-3)95-44(2)109)85(125)102-59(28-46-16-12-15-45-14-4-5-17-51(45)46)77(117)104-67-40-128-129-41-68(84(124)103-66(86(126)107-26-13-24-69(107)74(89)114)31-49-38-93-57-23-11-8-20-54(49)57)105-81(121)65(35-72(112)113)101-78(118)62(32-50-39-90-42-94-50)98-76(116)60(29-47-36-91-55-21-9-6-18-52(47)55)97-79(119)63(33-70(87)110)99-80(120)64(34-71(88)111)100-83(67)123/h4-12,14-23,36-39,42-43,58-69,73,91-93,108H,13,24-35,40-41H2,1-3H3,(H2,87,110)(H2,88,111)(H2,89,114)(H,90,94)(H,95,109)(H,96,115)(H,97,119)(H,98,116)(H,99,120)(H,100,123)(H,101,118)(H,102,125)(H,103,124)(H,104,117)(H,105,121)(H,106,122)(H,112,113)/t43-,58+,59+,60+,61+,62+,63+,64+,65+,66+,67+,68+,69+,73+/m1/s1. The largest absolute Gasteiger partial charge is 0.481 e. The molecule has 2 aliphatic rings. The zero-order valence-electron chi connectivity index (χ0n) is 70.2. The highest BCUT2D eigenvalue weighted by Gasteiger charge is 2.42. The lowest BCUT2D eigenvalue weighted by atomic mass is 9.97. The van der Waals surface area contributed by atoms with E-state index in [0.717, 1.165) is 6.92 Å². The number of nitrogens with two attached hydrogens (primary N) is 3. The van der Waals surface area contributed by atoms with Crippen LogP contribution in [0.2, 0.25) is 0 Å². The number of para-hydroxylation sites is 3. The minimum atomic E-state index is -2.14. The summed E-state index contributed by atoms with van der Waals surface area (Å²) >= 11 is 1.39. The van der Waals surface area contributed by atoms with Crippen LogP contribution in [0.15, 0.2) is 146 Å². The van der Waals surface area contributed by atoms with Gasteiger partial charge in [0.15, 0.2) is 0 Å². The van der Waals surface area contributed by atoms with Crippen molar-refractivity contribution in [3.05, 3.63) is 174 Å². The van der Waals surface area contributed by atoms with E-state index in [-0.39, 0.29) is 37.9 Å². The number of aliphatic hydroxyl groups is 1. The van der Waals surface area contributed by atoms with Crippen LogP contribution in [0.3, 0.4) is 0 Å². The van der Waals surface area contributed by atoms with Crippen molar-refractivity contribution in [3.8, 4) is 0 Å². The number of nitrogens with one attached hydrogen (secondary N) is 16. The van der Waals surface area contributed by atoms with E-state index in [1.165, 1.54) is 42.3 Å². The maximum absolute atomic E-state index is 15.8. The summed E-state index contributed by atoms with van der Waals surface area (Å²) in [5.74, 6) is -20.2. The number of thioether (sulfide) groups is 1. The summed E-state index contributed by atoms with van der Waals surface area (Å²) in [4.78, 5) is 264. The SMILES string of the molecule is CSCC[C@H](NC(C)=O)C(=O)N[C@@H](Cc1c[nH]c2ccccc12)C(=O)N[C@H](C(=O)N[C@@H](Cc1cccc2ccccc12)C(=O)N[C@H]1CSSC[C@@H](C(=O)N[C@@H](Cc2c[nH]c3ccccc23)C(=O)N2CCC[C@H]2C(N)=O)NC(=O)[C@H](CC(=O)O)NC(=O)[C@H](Cc2cnc[nH]2)NC(=O)[C@H](Cc2c[nH]c3ccccc23)NC(=O)[C@H](CC(N)=O)NC(=O)[C@H](CC(N)=O)NC1=O)[C@@H](C)O. The molecule has 682 valence electrons. The van der Waals surface area contributed by atoms with Crippen LogP contribution >= 0.6 is 33.3 Å². The molecule has 40 nitrogen and oxygen atoms in total. The van der Waals surface area contributed by atoms with Crippen LogP contribution in [-0.4, -0.2) is 255 Å². The van der Waals surface area contributed by atoms with Gasteiger partial charge in [0, 0.05) is 120 Å². The van der Waals surface area contributed by atoms with E-state index in [0.29, 0.717) is 99.5 Å². The number of nitrogens with zero attached hydrogens (tertiary/aromatic N) is 2. The third-order valence-corrected chi connectivity index (χ3v) is 24.9. The van der Waals surface area contributed by atoms with Crippen molar-refractivity contribution in [2.45, 2.75) is 169 Å². The predicted octanol–water partition coefficient (Wildman–Crippen LogP) is -1.41. The maximum atomic E-state index is 15.8. The number of benzene rings is 5. The van der Waals surface area contributed by atoms with Crippen LogP contribution in [0.25, 0.3) is 43.5 Å². The molecule has 0 spiro atoms. The fourth-order valence-corrected chi connectivity index (χ4v) is 18.2. The number of primary amides is 3. The number of hydrogen-bond donors (Lipinski definition) is 21. The second-order valence-corrected chi connectivity index (χ2v) is 34.8. The molecule has 24 N–H and O–H groups in total. The van der Waals surface area contributed by atoms with Crippen molar-refractivity contribution in [3.63, 3.8) is 0 Å². The van der Waals surface area contributed by atoms with Gasteiger partial charge in [0.25, 0.3) is 0 Å². The Balaban J connectivity index is 0.982. The van der Waals surface area contributed by atoms with Crippen LogP contribution < -0.4 is 81.0 Å². The molecule has 0 aliphatic carbocycles. The van der Waals surface area contributed by atoms with Crippen LogP contribution in [-0.2, 0) is 114 Å². The van der Waals surface area contributed by atoms with Crippen LogP contribution in [0, 0.1) is 0 Å². The molecule has 2 aliphatic heterocycles. The number of hydrogen-bond acceptors (Lipinski definition) is 22. The average Bonchev–Trinajstić information content (AvgIpc) is 1.58. The Labute approximate surface area is 749 Å². The van der Waals surface area contributed by atoms with E-state index in [4.69, 9.17) is 17.2 Å². The van der Waals surface area contributed by atoms with E-state index in [2.05, 4.69) is 88.7 Å². The molecule has 16 amide bonds. The van der Waals surface area contributed by atoms with Crippen molar-refractivity contribution < 1.29 is 91.7 Å². The number of imidazole rings is 1. The van der Waals surface area contributed by atoms with Gasteiger partial charge in [0.05, 0.1) is 31.7 Å². The second kappa shape index (κ2) is 45.1. The smallest absolute Gasteiger partial charge is 0.305 e. The second-order valence-electron chi connectivity index (χ2n) is 31.3. The minimum absolute atomic E-state index is 0.0298. The first-order valence-corrected chi connectivity index (χ1v) is 45.2. The van der Waals surface area contributed by atoms with Crippen LogP contribution in [0.5, 0.6) is 0 Å².